The Morgan fingerprint density at radius 1 is 1.00 bits per heavy atom. The molecule has 9 heteroatoms. The predicted octanol–water partition coefficient (Wildman–Crippen LogP) is 5.14. The van der Waals surface area contributed by atoms with Crippen LogP contribution in [0.4, 0.5) is 30.5 Å². The summed E-state index contributed by atoms with van der Waals surface area (Å²) in [5.41, 5.74) is 0.182. The summed E-state index contributed by atoms with van der Waals surface area (Å²) >= 11 is 5.87. The largest absolute Gasteiger partial charge is 0.416 e. The van der Waals surface area contributed by atoms with Crippen molar-refractivity contribution in [1.29, 1.82) is 0 Å². The molecule has 1 amide bonds. The minimum absolute atomic E-state index is 0.0773. The predicted molar refractivity (Wildman–Crippen MR) is 96.2 cm³/mol. The van der Waals surface area contributed by atoms with Gasteiger partial charge in [0.25, 0.3) is 5.91 Å². The molecular weight excluding hydrogens is 381 g/mol. The lowest BCUT2D eigenvalue weighted by molar-refractivity contribution is -0.137. The van der Waals surface area contributed by atoms with E-state index in [0.29, 0.717) is 16.4 Å². The molecule has 0 fully saturated rings. The number of hydrogen-bond donors (Lipinski definition) is 2. The minimum atomic E-state index is -4.41. The van der Waals surface area contributed by atoms with Crippen LogP contribution in [0.1, 0.15) is 16.1 Å². The summed E-state index contributed by atoms with van der Waals surface area (Å²) in [7, 11) is 0. The van der Waals surface area contributed by atoms with Crippen molar-refractivity contribution in [1.82, 2.24) is 9.97 Å². The molecule has 0 aliphatic carbocycles. The van der Waals surface area contributed by atoms with Gasteiger partial charge in [0.2, 0.25) is 5.95 Å². The number of carbonyl (C=O) groups excluding carboxylic acids is 1. The Hall–Kier alpha value is -3.13. The number of amides is 1. The molecule has 0 bridgehead atoms. The fourth-order valence-electron chi connectivity index (χ4n) is 2.18. The van der Waals surface area contributed by atoms with Crippen LogP contribution in [-0.2, 0) is 6.18 Å². The van der Waals surface area contributed by atoms with Gasteiger partial charge < -0.3 is 10.6 Å². The summed E-state index contributed by atoms with van der Waals surface area (Å²) in [5.74, 6) is -0.399. The molecule has 1 aromatic heterocycles. The van der Waals surface area contributed by atoms with Gasteiger partial charge in [0.05, 0.1) is 5.56 Å². The summed E-state index contributed by atoms with van der Waals surface area (Å²) in [4.78, 5) is 20.3. The standard InChI is InChI=1S/C18H12ClF3N4O/c19-12-2-1-3-14(10-12)24-16(27)15-8-9-23-17(26-15)25-13-6-4-11(5-7-13)18(20,21)22/h1-10H,(H,24,27)(H,23,25,26). The normalized spacial score (nSPS) is 11.1. The van der Waals surface area contributed by atoms with E-state index in [2.05, 4.69) is 20.6 Å². The molecule has 1 heterocycles. The molecule has 3 aromatic rings. The highest BCUT2D eigenvalue weighted by molar-refractivity contribution is 6.30. The molecule has 0 aliphatic rings. The Balaban J connectivity index is 1.72. The van der Waals surface area contributed by atoms with E-state index >= 15 is 0 Å². The van der Waals surface area contributed by atoms with E-state index in [0.717, 1.165) is 12.1 Å². The van der Waals surface area contributed by atoms with Crippen molar-refractivity contribution in [2.24, 2.45) is 0 Å². The molecule has 5 nitrogen and oxygen atoms in total. The van der Waals surface area contributed by atoms with Gasteiger partial charge in [-0.3, -0.25) is 4.79 Å². The molecule has 0 unspecified atom stereocenters. The van der Waals surface area contributed by atoms with E-state index < -0.39 is 17.6 Å². The molecular formula is C18H12ClF3N4O. The number of nitrogens with zero attached hydrogens (tertiary/aromatic N) is 2. The number of hydrogen-bond acceptors (Lipinski definition) is 4. The number of anilines is 3. The van der Waals surface area contributed by atoms with Crippen LogP contribution >= 0.6 is 11.6 Å². The third-order valence-electron chi connectivity index (χ3n) is 3.44. The quantitative estimate of drug-likeness (QED) is 0.644. The SMILES string of the molecule is O=C(Nc1cccc(Cl)c1)c1ccnc(Nc2ccc(C(F)(F)F)cc2)n1. The van der Waals surface area contributed by atoms with Gasteiger partial charge in [-0.1, -0.05) is 17.7 Å². The van der Waals surface area contributed by atoms with Gasteiger partial charge in [0.15, 0.2) is 0 Å². The monoisotopic (exact) mass is 392 g/mol. The van der Waals surface area contributed by atoms with Crippen LogP contribution in [-0.4, -0.2) is 15.9 Å². The van der Waals surface area contributed by atoms with Crippen LogP contribution < -0.4 is 10.6 Å². The Kier molecular flexibility index (Phi) is 5.27. The lowest BCUT2D eigenvalue weighted by atomic mass is 10.2. The lowest BCUT2D eigenvalue weighted by Crippen LogP contribution is -2.14. The van der Waals surface area contributed by atoms with Crippen LogP contribution in [0.3, 0.4) is 0 Å². The second-order valence-electron chi connectivity index (χ2n) is 5.43. The first-order chi connectivity index (χ1) is 12.8. The summed E-state index contributed by atoms with van der Waals surface area (Å²) in [6, 6.07) is 12.4. The van der Waals surface area contributed by atoms with E-state index in [1.165, 1.54) is 24.4 Å². The van der Waals surface area contributed by atoms with Gasteiger partial charge in [-0.15, -0.1) is 0 Å². The van der Waals surface area contributed by atoms with Crippen molar-refractivity contribution >= 4 is 34.8 Å². The molecule has 3 rings (SSSR count). The zero-order valence-corrected chi connectivity index (χ0v) is 14.3. The van der Waals surface area contributed by atoms with Crippen molar-refractivity contribution in [3.63, 3.8) is 0 Å². The van der Waals surface area contributed by atoms with E-state index in [1.54, 1.807) is 24.3 Å². The van der Waals surface area contributed by atoms with E-state index in [-0.39, 0.29) is 11.6 Å². The maximum atomic E-state index is 12.6. The van der Waals surface area contributed by atoms with Crippen molar-refractivity contribution in [2.75, 3.05) is 10.6 Å². The van der Waals surface area contributed by atoms with E-state index in [9.17, 15) is 18.0 Å². The summed E-state index contributed by atoms with van der Waals surface area (Å²) in [5, 5.41) is 5.88. The first kappa shape index (κ1) is 18.7. The number of aromatic nitrogens is 2. The lowest BCUT2D eigenvalue weighted by Gasteiger charge is -2.09. The maximum Gasteiger partial charge on any atom is 0.416 e. The average Bonchev–Trinajstić information content (AvgIpc) is 2.62. The molecule has 0 radical (unpaired) electrons. The van der Waals surface area contributed by atoms with Crippen molar-refractivity contribution in [3.05, 3.63) is 77.1 Å². The van der Waals surface area contributed by atoms with E-state index in [1.807, 2.05) is 0 Å². The van der Waals surface area contributed by atoms with Crippen LogP contribution in [0.2, 0.25) is 5.02 Å². The van der Waals surface area contributed by atoms with Gasteiger partial charge in [0, 0.05) is 22.6 Å². The number of benzene rings is 2. The Labute approximate surface area is 157 Å². The fourth-order valence-corrected chi connectivity index (χ4v) is 2.37. The van der Waals surface area contributed by atoms with Gasteiger partial charge in [-0.25, -0.2) is 9.97 Å². The Bertz CT molecular complexity index is 961. The number of carbonyl (C=O) groups is 1. The molecule has 2 N–H and O–H groups in total. The molecule has 0 atom stereocenters. The topological polar surface area (TPSA) is 66.9 Å². The second-order valence-corrected chi connectivity index (χ2v) is 5.87. The van der Waals surface area contributed by atoms with Crippen LogP contribution in [0.5, 0.6) is 0 Å². The zero-order chi connectivity index (χ0) is 19.4. The molecule has 27 heavy (non-hydrogen) atoms. The van der Waals surface area contributed by atoms with Crippen molar-refractivity contribution < 1.29 is 18.0 Å². The molecule has 138 valence electrons. The van der Waals surface area contributed by atoms with Gasteiger partial charge in [0.1, 0.15) is 5.69 Å². The molecule has 0 saturated heterocycles. The maximum absolute atomic E-state index is 12.6. The van der Waals surface area contributed by atoms with Crippen molar-refractivity contribution in [2.45, 2.75) is 6.18 Å². The van der Waals surface area contributed by atoms with Gasteiger partial charge in [-0.05, 0) is 48.5 Å². The van der Waals surface area contributed by atoms with Crippen LogP contribution in [0, 0.1) is 0 Å². The number of halogens is 4. The highest BCUT2D eigenvalue weighted by atomic mass is 35.5. The molecule has 2 aromatic carbocycles. The Morgan fingerprint density at radius 3 is 2.41 bits per heavy atom. The van der Waals surface area contributed by atoms with Gasteiger partial charge >= 0.3 is 6.18 Å². The summed E-state index contributed by atoms with van der Waals surface area (Å²) in [6.45, 7) is 0. The molecule has 0 spiro atoms. The Morgan fingerprint density at radius 2 is 1.74 bits per heavy atom. The number of alkyl halides is 3. The third-order valence-corrected chi connectivity index (χ3v) is 3.67. The van der Waals surface area contributed by atoms with Gasteiger partial charge in [-0.2, -0.15) is 13.2 Å². The second kappa shape index (κ2) is 7.63. The highest BCUT2D eigenvalue weighted by Gasteiger charge is 2.29. The van der Waals surface area contributed by atoms with Crippen LogP contribution in [0.25, 0.3) is 0 Å². The van der Waals surface area contributed by atoms with Crippen molar-refractivity contribution in [3.8, 4) is 0 Å². The summed E-state index contributed by atoms with van der Waals surface area (Å²) in [6.07, 6.45) is -3.04. The minimum Gasteiger partial charge on any atom is -0.324 e. The highest BCUT2D eigenvalue weighted by Crippen LogP contribution is 2.30. The first-order valence-corrected chi connectivity index (χ1v) is 8.03. The van der Waals surface area contributed by atoms with E-state index in [4.69, 9.17) is 11.6 Å². The number of rotatable bonds is 4. The van der Waals surface area contributed by atoms with Crippen LogP contribution in [0.15, 0.2) is 60.8 Å². The molecule has 0 aliphatic heterocycles. The average molecular weight is 393 g/mol. The molecule has 0 saturated carbocycles. The number of nitrogens with one attached hydrogen (secondary N) is 2. The smallest absolute Gasteiger partial charge is 0.324 e. The summed E-state index contributed by atoms with van der Waals surface area (Å²) < 4.78 is 37.8. The first-order valence-electron chi connectivity index (χ1n) is 7.65. The fraction of sp³-hybridized carbons (Fsp3) is 0.0556. The zero-order valence-electron chi connectivity index (χ0n) is 13.6. The third kappa shape index (κ3) is 4.95.